The van der Waals surface area contributed by atoms with Gasteiger partial charge in [0.05, 0.1) is 0 Å². The van der Waals surface area contributed by atoms with Crippen LogP contribution in [0.15, 0.2) is 94.5 Å². The third kappa shape index (κ3) is 1.84. The minimum atomic E-state index is 0.0824. The first-order valence-electron chi connectivity index (χ1n) is 12.5. The lowest BCUT2D eigenvalue weighted by molar-refractivity contribution is 1.57. The van der Waals surface area contributed by atoms with Gasteiger partial charge in [0.15, 0.2) is 10.9 Å². The molecule has 0 spiro atoms. The molecule has 3 nitrogen and oxygen atoms in total. The van der Waals surface area contributed by atoms with E-state index in [2.05, 4.69) is 41.4 Å². The number of hydrogen-bond donors (Lipinski definition) is 1. The summed E-state index contributed by atoms with van der Waals surface area (Å²) < 4.78 is 0. The lowest BCUT2D eigenvalue weighted by atomic mass is 9.83. The Morgan fingerprint density at radius 1 is 0.351 bits per heavy atom. The van der Waals surface area contributed by atoms with E-state index in [1.165, 1.54) is 0 Å². The van der Waals surface area contributed by atoms with Gasteiger partial charge in [0, 0.05) is 64.9 Å². The molecule has 9 aromatic carbocycles. The number of rotatable bonds is 0. The normalized spacial score (nSPS) is 13.1. The van der Waals surface area contributed by atoms with Crippen LogP contribution in [0.3, 0.4) is 0 Å². The highest BCUT2D eigenvalue weighted by atomic mass is 16.1. The fourth-order valence-electron chi connectivity index (χ4n) is 7.37. The molecule has 0 aliphatic heterocycles. The van der Waals surface area contributed by atoms with Crippen molar-refractivity contribution >= 4 is 97.2 Å². The molecule has 10 rings (SSSR count). The highest BCUT2D eigenvalue weighted by Gasteiger charge is 2.25. The molecule has 1 aromatic heterocycles. The fourth-order valence-corrected chi connectivity index (χ4v) is 7.37. The summed E-state index contributed by atoms with van der Waals surface area (Å²) in [6, 6.07) is 28.5. The van der Waals surface area contributed by atoms with Crippen LogP contribution in [-0.4, -0.2) is 4.98 Å². The number of aromatic amines is 1. The van der Waals surface area contributed by atoms with Gasteiger partial charge in [-0.3, -0.25) is 9.59 Å². The Hall–Kier alpha value is -5.02. The Morgan fingerprint density at radius 2 is 0.757 bits per heavy atom. The second-order valence-corrected chi connectivity index (χ2v) is 10.4. The van der Waals surface area contributed by atoms with E-state index in [1.807, 2.05) is 48.5 Å². The first kappa shape index (κ1) is 18.3. The van der Waals surface area contributed by atoms with E-state index >= 15 is 0 Å². The van der Waals surface area contributed by atoms with Crippen molar-refractivity contribution in [2.75, 3.05) is 0 Å². The van der Waals surface area contributed by atoms with Crippen LogP contribution in [0, 0.1) is 0 Å². The number of hydrogen-bond acceptors (Lipinski definition) is 2. The maximum atomic E-state index is 13.6. The molecule has 10 aromatic rings. The lowest BCUT2D eigenvalue weighted by Crippen LogP contribution is -2.04. The standard InChI is InChI=1S/C34H15NO2/c36-33-19-7-3-1-5-15(19)23-13-25-31-29-17(9-11-21(33)27(23)29)18-10-12-22-28-24(14-26(35-25)32(31)30(18)28)16-6-2-4-8-20(16)34(22)37/h1-14,35H. The van der Waals surface area contributed by atoms with Gasteiger partial charge in [-0.15, -0.1) is 0 Å². The van der Waals surface area contributed by atoms with Crippen LogP contribution in [0.1, 0.15) is 0 Å². The molecule has 0 saturated heterocycles. The van der Waals surface area contributed by atoms with Crippen molar-refractivity contribution in [3.63, 3.8) is 0 Å². The SMILES string of the molecule is O=c1c2ccccc2c2cc3[nH]c4cc5c6ccccc6c(=O)c6ccc7c8ccc1c2c8c3c4c7c65. The van der Waals surface area contributed by atoms with Crippen molar-refractivity contribution in [2.24, 2.45) is 0 Å². The molecule has 168 valence electrons. The molecule has 3 heteroatoms. The van der Waals surface area contributed by atoms with Gasteiger partial charge in [-0.2, -0.15) is 0 Å². The van der Waals surface area contributed by atoms with Crippen LogP contribution in [0.5, 0.6) is 0 Å². The van der Waals surface area contributed by atoms with Crippen LogP contribution >= 0.6 is 0 Å². The van der Waals surface area contributed by atoms with Gasteiger partial charge in [0.25, 0.3) is 0 Å². The van der Waals surface area contributed by atoms with Gasteiger partial charge < -0.3 is 4.98 Å². The summed E-state index contributed by atoms with van der Waals surface area (Å²) in [7, 11) is 0. The summed E-state index contributed by atoms with van der Waals surface area (Å²) in [6.07, 6.45) is 0. The van der Waals surface area contributed by atoms with E-state index in [4.69, 9.17) is 0 Å². The average molecular weight is 469 g/mol. The number of aromatic nitrogens is 1. The first-order chi connectivity index (χ1) is 18.2. The van der Waals surface area contributed by atoms with Crippen LogP contribution in [0.25, 0.3) is 97.2 Å². The molecule has 0 aliphatic carbocycles. The molecule has 0 bridgehead atoms. The monoisotopic (exact) mass is 469 g/mol. The van der Waals surface area contributed by atoms with Crippen molar-refractivity contribution in [1.29, 1.82) is 0 Å². The number of benzene rings is 9. The topological polar surface area (TPSA) is 49.9 Å². The third-order valence-corrected chi connectivity index (χ3v) is 8.79. The second kappa shape index (κ2) is 5.69. The zero-order chi connectivity index (χ0) is 24.2. The van der Waals surface area contributed by atoms with Gasteiger partial charge in [0.1, 0.15) is 0 Å². The zero-order valence-electron chi connectivity index (χ0n) is 19.4. The highest BCUT2D eigenvalue weighted by molar-refractivity contribution is 6.47. The van der Waals surface area contributed by atoms with Crippen molar-refractivity contribution in [1.82, 2.24) is 4.98 Å². The minimum absolute atomic E-state index is 0.0824. The molecule has 0 unspecified atom stereocenters. The summed E-state index contributed by atoms with van der Waals surface area (Å²) in [5, 5.41) is 16.1. The summed E-state index contributed by atoms with van der Waals surface area (Å²) in [5.74, 6) is 0. The highest BCUT2D eigenvalue weighted by Crippen LogP contribution is 2.50. The molecular weight excluding hydrogens is 454 g/mol. The van der Waals surface area contributed by atoms with Crippen LogP contribution in [-0.2, 0) is 0 Å². The van der Waals surface area contributed by atoms with E-state index in [0.717, 1.165) is 97.2 Å². The molecule has 0 aliphatic rings. The Labute approximate surface area is 207 Å². The van der Waals surface area contributed by atoms with Crippen molar-refractivity contribution in [2.45, 2.75) is 0 Å². The summed E-state index contributed by atoms with van der Waals surface area (Å²) >= 11 is 0. The van der Waals surface area contributed by atoms with Crippen LogP contribution in [0.4, 0.5) is 0 Å². The predicted molar refractivity (Wildman–Crippen MR) is 156 cm³/mol. The second-order valence-electron chi connectivity index (χ2n) is 10.4. The van der Waals surface area contributed by atoms with E-state index < -0.39 is 0 Å². The summed E-state index contributed by atoms with van der Waals surface area (Å²) in [6.45, 7) is 0. The molecule has 0 saturated carbocycles. The van der Waals surface area contributed by atoms with E-state index in [-0.39, 0.29) is 10.9 Å². The number of fused-ring (bicyclic) bond motifs is 5. The number of H-pyrrole nitrogens is 1. The smallest absolute Gasteiger partial charge is 0.194 e. The van der Waals surface area contributed by atoms with E-state index in [1.54, 1.807) is 0 Å². The van der Waals surface area contributed by atoms with Gasteiger partial charge in [0.2, 0.25) is 0 Å². The van der Waals surface area contributed by atoms with Crippen molar-refractivity contribution in [3.8, 4) is 0 Å². The van der Waals surface area contributed by atoms with Gasteiger partial charge >= 0.3 is 0 Å². The lowest BCUT2D eigenvalue weighted by Gasteiger charge is -2.18. The van der Waals surface area contributed by atoms with Crippen molar-refractivity contribution in [3.05, 3.63) is 105 Å². The van der Waals surface area contributed by atoms with Crippen molar-refractivity contribution < 1.29 is 0 Å². The van der Waals surface area contributed by atoms with Crippen LogP contribution < -0.4 is 10.9 Å². The first-order valence-corrected chi connectivity index (χ1v) is 12.5. The molecular formula is C34H15NO2. The van der Waals surface area contributed by atoms with E-state index in [9.17, 15) is 9.59 Å². The Balaban J connectivity index is 1.63. The van der Waals surface area contributed by atoms with Gasteiger partial charge in [-0.05, 0) is 56.6 Å². The molecule has 37 heavy (non-hydrogen) atoms. The fraction of sp³-hybridized carbons (Fsp3) is 0. The molecule has 0 amide bonds. The summed E-state index contributed by atoms with van der Waals surface area (Å²) in [4.78, 5) is 30.9. The van der Waals surface area contributed by atoms with Crippen LogP contribution in [0.2, 0.25) is 0 Å². The zero-order valence-corrected chi connectivity index (χ0v) is 19.4. The molecule has 0 fully saturated rings. The molecule has 1 heterocycles. The molecule has 0 radical (unpaired) electrons. The molecule has 1 N–H and O–H groups in total. The predicted octanol–water partition coefficient (Wildman–Crippen LogP) is 7.87. The summed E-state index contributed by atoms with van der Waals surface area (Å²) in [5.41, 5.74) is 2.29. The third-order valence-electron chi connectivity index (χ3n) is 8.79. The Morgan fingerprint density at radius 3 is 1.22 bits per heavy atom. The largest absolute Gasteiger partial charge is 0.354 e. The average Bonchev–Trinajstić information content (AvgIpc) is 3.32. The quantitative estimate of drug-likeness (QED) is 0.181. The maximum absolute atomic E-state index is 13.6. The molecule has 0 atom stereocenters. The Kier molecular flexibility index (Phi) is 2.81. The van der Waals surface area contributed by atoms with Gasteiger partial charge in [-0.1, -0.05) is 60.7 Å². The van der Waals surface area contributed by atoms with Gasteiger partial charge in [-0.25, -0.2) is 0 Å². The maximum Gasteiger partial charge on any atom is 0.194 e. The minimum Gasteiger partial charge on any atom is -0.354 e. The number of nitrogens with one attached hydrogen (secondary N) is 1. The Bertz CT molecular complexity index is 2530. The van der Waals surface area contributed by atoms with E-state index in [0.29, 0.717) is 0 Å².